The van der Waals surface area contributed by atoms with Crippen LogP contribution in [0.4, 0.5) is 0 Å². The van der Waals surface area contributed by atoms with Crippen molar-refractivity contribution in [3.8, 4) is 0 Å². The summed E-state index contributed by atoms with van der Waals surface area (Å²) in [5.41, 5.74) is 5.62. The third-order valence-electron chi connectivity index (χ3n) is 4.94. The van der Waals surface area contributed by atoms with Crippen molar-refractivity contribution in [1.29, 1.82) is 0 Å². The van der Waals surface area contributed by atoms with Crippen molar-refractivity contribution < 1.29 is 18.1 Å². The lowest BCUT2D eigenvalue weighted by molar-refractivity contribution is -0.895. The monoisotopic (exact) mass is 415 g/mol. The minimum atomic E-state index is -3.48. The van der Waals surface area contributed by atoms with Crippen molar-refractivity contribution in [2.24, 2.45) is 5.10 Å². The summed E-state index contributed by atoms with van der Waals surface area (Å²) in [6.07, 6.45) is 1.62. The maximum Gasteiger partial charge on any atom is 0.295 e. The zero-order valence-corrected chi connectivity index (χ0v) is 17.6. The molecule has 1 aliphatic rings. The van der Waals surface area contributed by atoms with Gasteiger partial charge < -0.3 is 4.90 Å². The third kappa shape index (κ3) is 5.72. The summed E-state index contributed by atoms with van der Waals surface area (Å²) in [4.78, 5) is 13.5. The predicted molar refractivity (Wildman–Crippen MR) is 112 cm³/mol. The molecule has 1 fully saturated rings. The van der Waals surface area contributed by atoms with E-state index in [0.29, 0.717) is 31.1 Å². The molecule has 1 aliphatic heterocycles. The van der Waals surface area contributed by atoms with Crippen LogP contribution in [0.25, 0.3) is 0 Å². The van der Waals surface area contributed by atoms with Gasteiger partial charge in [-0.2, -0.15) is 9.41 Å². The lowest BCUT2D eigenvalue weighted by atomic mass is 10.2. The molecule has 1 saturated heterocycles. The molecule has 1 amide bonds. The molecule has 0 spiro atoms. The molecule has 7 nitrogen and oxygen atoms in total. The van der Waals surface area contributed by atoms with Crippen LogP contribution in [-0.4, -0.2) is 57.6 Å². The first-order chi connectivity index (χ1) is 13.8. The molecule has 0 saturated carbocycles. The summed E-state index contributed by atoms with van der Waals surface area (Å²) in [6, 6.07) is 14.7. The largest absolute Gasteiger partial charge is 0.325 e. The van der Waals surface area contributed by atoms with E-state index in [4.69, 9.17) is 0 Å². The van der Waals surface area contributed by atoms with Gasteiger partial charge in [0.25, 0.3) is 5.91 Å². The molecule has 0 unspecified atom stereocenters. The molecule has 154 valence electrons. The summed E-state index contributed by atoms with van der Waals surface area (Å²) < 4.78 is 27.0. The lowest BCUT2D eigenvalue weighted by Crippen LogP contribution is -3.15. The van der Waals surface area contributed by atoms with Gasteiger partial charge in [-0.3, -0.25) is 4.79 Å². The molecule has 2 aromatic carbocycles. The van der Waals surface area contributed by atoms with E-state index in [2.05, 4.69) is 10.5 Å². The molecular weight excluding hydrogens is 388 g/mol. The van der Waals surface area contributed by atoms with Gasteiger partial charge in [-0.1, -0.05) is 47.5 Å². The topological polar surface area (TPSA) is 83.3 Å². The zero-order valence-electron chi connectivity index (χ0n) is 16.8. The number of nitrogens with zero attached hydrogens (tertiary/aromatic N) is 2. The smallest absolute Gasteiger partial charge is 0.295 e. The van der Waals surface area contributed by atoms with Crippen molar-refractivity contribution in [2.45, 2.75) is 18.7 Å². The minimum Gasteiger partial charge on any atom is -0.325 e. The number of rotatable bonds is 6. The molecule has 3 rings (SSSR count). The van der Waals surface area contributed by atoms with Crippen LogP contribution in [0.5, 0.6) is 0 Å². The van der Waals surface area contributed by atoms with Gasteiger partial charge in [0.15, 0.2) is 6.54 Å². The fourth-order valence-corrected chi connectivity index (χ4v) is 4.72. The second-order valence-electron chi connectivity index (χ2n) is 7.35. The number of hydrogen-bond acceptors (Lipinski definition) is 4. The van der Waals surface area contributed by atoms with Crippen molar-refractivity contribution in [1.82, 2.24) is 9.73 Å². The maximum absolute atomic E-state index is 12.7. The van der Waals surface area contributed by atoms with E-state index >= 15 is 0 Å². The van der Waals surface area contributed by atoms with Gasteiger partial charge in [-0.05, 0) is 31.5 Å². The van der Waals surface area contributed by atoms with Gasteiger partial charge in [0.05, 0.1) is 37.3 Å². The zero-order chi connectivity index (χ0) is 20.9. The highest BCUT2D eigenvalue weighted by molar-refractivity contribution is 7.89. The lowest BCUT2D eigenvalue weighted by Gasteiger charge is -2.31. The van der Waals surface area contributed by atoms with Crippen LogP contribution >= 0.6 is 0 Å². The van der Waals surface area contributed by atoms with Crippen LogP contribution in [0.15, 0.2) is 58.5 Å². The highest BCUT2D eigenvalue weighted by Gasteiger charge is 2.31. The molecule has 0 aromatic heterocycles. The number of benzene rings is 2. The van der Waals surface area contributed by atoms with Crippen LogP contribution in [0, 0.1) is 13.8 Å². The summed E-state index contributed by atoms with van der Waals surface area (Å²) >= 11 is 0. The second kappa shape index (κ2) is 9.30. The van der Waals surface area contributed by atoms with Gasteiger partial charge in [0, 0.05) is 0 Å². The van der Waals surface area contributed by atoms with Crippen molar-refractivity contribution in [3.63, 3.8) is 0 Å². The van der Waals surface area contributed by atoms with Crippen LogP contribution in [0.1, 0.15) is 16.7 Å². The highest BCUT2D eigenvalue weighted by atomic mass is 32.2. The number of piperazine rings is 1. The average Bonchev–Trinajstić information content (AvgIpc) is 2.69. The van der Waals surface area contributed by atoms with E-state index in [9.17, 15) is 13.2 Å². The number of sulfonamides is 1. The quantitative estimate of drug-likeness (QED) is 0.527. The molecule has 0 aliphatic carbocycles. The number of amides is 1. The second-order valence-corrected chi connectivity index (χ2v) is 9.29. The Kier molecular flexibility index (Phi) is 6.79. The predicted octanol–water partition coefficient (Wildman–Crippen LogP) is 0.343. The Morgan fingerprint density at radius 1 is 1.10 bits per heavy atom. The number of carbonyl (C=O) groups excluding carboxylic acids is 1. The molecular formula is C21H27N4O3S+. The fraction of sp³-hybridized carbons (Fsp3) is 0.333. The summed E-state index contributed by atoms with van der Waals surface area (Å²) in [5.74, 6) is -0.182. The third-order valence-corrected chi connectivity index (χ3v) is 6.86. The Labute approximate surface area is 172 Å². The number of hydrogen-bond donors (Lipinski definition) is 2. The molecule has 8 heteroatoms. The highest BCUT2D eigenvalue weighted by Crippen LogP contribution is 2.16. The minimum absolute atomic E-state index is 0.182. The molecule has 0 radical (unpaired) electrons. The van der Waals surface area contributed by atoms with Crippen LogP contribution in [-0.2, 0) is 14.8 Å². The number of hydrazone groups is 1. The molecule has 1 heterocycles. The first kappa shape index (κ1) is 21.2. The fourth-order valence-electron chi connectivity index (χ4n) is 3.27. The first-order valence-corrected chi connectivity index (χ1v) is 11.1. The van der Waals surface area contributed by atoms with Gasteiger partial charge in [0.1, 0.15) is 0 Å². The van der Waals surface area contributed by atoms with Crippen molar-refractivity contribution in [2.75, 3.05) is 32.7 Å². The van der Waals surface area contributed by atoms with Gasteiger partial charge >= 0.3 is 0 Å². The van der Waals surface area contributed by atoms with Gasteiger partial charge in [0.2, 0.25) is 10.0 Å². The first-order valence-electron chi connectivity index (χ1n) is 9.63. The molecule has 2 aromatic rings. The summed E-state index contributed by atoms with van der Waals surface area (Å²) in [6.45, 7) is 6.15. The number of aryl methyl sites for hydroxylation is 2. The average molecular weight is 416 g/mol. The molecule has 29 heavy (non-hydrogen) atoms. The van der Waals surface area contributed by atoms with E-state index in [-0.39, 0.29) is 12.5 Å². The van der Waals surface area contributed by atoms with Crippen molar-refractivity contribution in [3.05, 3.63) is 65.2 Å². The maximum atomic E-state index is 12.7. The molecule has 0 bridgehead atoms. The number of quaternary nitrogens is 1. The molecule has 0 atom stereocenters. The van der Waals surface area contributed by atoms with Crippen LogP contribution < -0.4 is 10.3 Å². The summed E-state index contributed by atoms with van der Waals surface area (Å²) in [7, 11) is -3.48. The van der Waals surface area contributed by atoms with Gasteiger partial charge in [-0.25, -0.2) is 13.8 Å². The van der Waals surface area contributed by atoms with E-state index in [1.807, 2.05) is 38.1 Å². The number of nitrogens with one attached hydrogen (secondary N) is 2. The Morgan fingerprint density at radius 2 is 1.79 bits per heavy atom. The normalized spacial score (nSPS) is 16.2. The Balaban J connectivity index is 1.48. The molecule has 2 N–H and O–H groups in total. The van der Waals surface area contributed by atoms with Crippen LogP contribution in [0.2, 0.25) is 0 Å². The standard InChI is InChI=1S/C21H26N4O3S/c1-17-6-8-20(9-7-17)29(27,28)25-12-10-24(11-13-25)16-21(26)23-22-15-19-5-3-4-18(2)14-19/h3-9,14-15H,10-13,16H2,1-2H3,(H,23,26)/p+1. The van der Waals surface area contributed by atoms with Crippen LogP contribution in [0.3, 0.4) is 0 Å². The van der Waals surface area contributed by atoms with E-state index in [0.717, 1.165) is 21.6 Å². The number of carbonyl (C=O) groups is 1. The summed E-state index contributed by atoms with van der Waals surface area (Å²) in [5, 5.41) is 4.00. The Morgan fingerprint density at radius 3 is 2.45 bits per heavy atom. The van der Waals surface area contributed by atoms with Crippen molar-refractivity contribution >= 4 is 22.1 Å². The van der Waals surface area contributed by atoms with E-state index in [1.54, 1.807) is 30.5 Å². The van der Waals surface area contributed by atoms with E-state index in [1.165, 1.54) is 4.31 Å². The van der Waals surface area contributed by atoms with Gasteiger partial charge in [-0.15, -0.1) is 0 Å². The Hall–Kier alpha value is -2.55. The SMILES string of the molecule is Cc1ccc(S(=O)(=O)N2CC[NH+](CC(=O)NN=Cc3cccc(C)c3)CC2)cc1. The van der Waals surface area contributed by atoms with E-state index < -0.39 is 10.0 Å². The Bertz CT molecular complexity index is 979.